The lowest BCUT2D eigenvalue weighted by molar-refractivity contribution is -0.0478. The quantitative estimate of drug-likeness (QED) is 0.504. The summed E-state index contributed by atoms with van der Waals surface area (Å²) in [5.74, 6) is 0. The summed E-state index contributed by atoms with van der Waals surface area (Å²) in [4.78, 5) is 0. The molecule has 0 spiro atoms. The summed E-state index contributed by atoms with van der Waals surface area (Å²) in [5.41, 5.74) is 0. The van der Waals surface area contributed by atoms with Crippen LogP contribution in [0.5, 0.6) is 0 Å². The predicted octanol–water partition coefficient (Wildman–Crippen LogP) is -0.156. The van der Waals surface area contributed by atoms with Gasteiger partial charge in [-0.05, 0) is 21.0 Å². The number of hydrogen-bond acceptors (Lipinski definition) is 5. The molecule has 0 aromatic rings. The van der Waals surface area contributed by atoms with Crippen molar-refractivity contribution in [3.8, 4) is 0 Å². The number of nitrogens with zero attached hydrogens (tertiary/aromatic N) is 3. The van der Waals surface area contributed by atoms with Crippen molar-refractivity contribution in [3.63, 3.8) is 0 Å². The van der Waals surface area contributed by atoms with E-state index in [0.717, 1.165) is 13.1 Å². The van der Waals surface area contributed by atoms with Gasteiger partial charge in [0.05, 0.1) is 25.4 Å². The number of hydrogen-bond donors (Lipinski definition) is 0. The van der Waals surface area contributed by atoms with Crippen molar-refractivity contribution in [1.82, 2.24) is 14.0 Å². The van der Waals surface area contributed by atoms with Gasteiger partial charge in [-0.2, -0.15) is 0 Å². The Balaban J connectivity index is 1.97. The lowest BCUT2D eigenvalue weighted by Gasteiger charge is -2.40. The van der Waals surface area contributed by atoms with E-state index in [0.29, 0.717) is 26.3 Å². The van der Waals surface area contributed by atoms with E-state index in [4.69, 9.17) is 14.0 Å². The van der Waals surface area contributed by atoms with Crippen LogP contribution in [0.4, 0.5) is 0 Å². The number of rotatable bonds is 5. The van der Waals surface area contributed by atoms with Crippen molar-refractivity contribution in [1.29, 1.82) is 0 Å². The van der Waals surface area contributed by atoms with Gasteiger partial charge >= 0.3 is 7.67 Å². The molecule has 0 radical (unpaired) electrons. The molecule has 10 heteroatoms. The highest BCUT2D eigenvalue weighted by molar-refractivity contribution is 7.53. The molecule has 0 amide bonds. The van der Waals surface area contributed by atoms with Crippen molar-refractivity contribution in [2.45, 2.75) is 25.1 Å². The largest absolute Gasteiger partial charge is 0.379 e. The number of ether oxygens (including phenoxy) is 2. The molecule has 0 aromatic carbocycles. The van der Waals surface area contributed by atoms with E-state index in [1.165, 1.54) is 0 Å². The first-order valence-corrected chi connectivity index (χ1v) is 9.80. The molecule has 2 aliphatic heterocycles. The predicted molar refractivity (Wildman–Crippen MR) is 92.7 cm³/mol. The molecule has 5 atom stereocenters. The third kappa shape index (κ3) is 4.75. The Morgan fingerprint density at radius 1 is 1.41 bits per heavy atom. The maximum atomic E-state index is 13.3. The highest BCUT2D eigenvalue weighted by Gasteiger charge is 2.38. The van der Waals surface area contributed by atoms with Crippen molar-refractivity contribution < 1.29 is 18.6 Å². The molecule has 5 unspecified atom stereocenters. The lowest BCUT2D eigenvalue weighted by atomic mass is 9.98. The molecule has 2 saturated heterocycles. The molecule has 0 aromatic heterocycles. The summed E-state index contributed by atoms with van der Waals surface area (Å²) in [5, 5.41) is 0. The molecular weight excluding hydrogens is 323 g/mol. The molecule has 0 aliphatic carbocycles. The van der Waals surface area contributed by atoms with Gasteiger partial charge in [0.2, 0.25) is 0 Å². The molecule has 2 heterocycles. The normalized spacial score (nSPS) is 34.7. The minimum absolute atomic E-state index is 0.0620. The molecule has 2 aliphatic rings. The van der Waals surface area contributed by atoms with Crippen molar-refractivity contribution in [2.75, 3.05) is 53.5 Å². The van der Waals surface area contributed by atoms with Gasteiger partial charge in [-0.3, -0.25) is 9.24 Å². The van der Waals surface area contributed by atoms with Crippen LogP contribution in [0.25, 0.3) is 0 Å². The molecule has 7 nitrogen and oxygen atoms in total. The lowest BCUT2D eigenvalue weighted by Crippen LogP contribution is -2.46. The van der Waals surface area contributed by atoms with Crippen LogP contribution >= 0.6 is 17.1 Å². The molecule has 128 valence electrons. The first-order chi connectivity index (χ1) is 10.3. The van der Waals surface area contributed by atoms with Gasteiger partial charge in [0.1, 0.15) is 7.85 Å². The SMILES string of the molecule is BC1CN(P)CC(COP(=O)(N(C)C)N2CCOC(C)C2)O1. The summed E-state index contributed by atoms with van der Waals surface area (Å²) in [6, 6.07) is 0.155. The van der Waals surface area contributed by atoms with E-state index in [2.05, 4.69) is 14.1 Å². The second-order valence-electron chi connectivity index (χ2n) is 6.25. The first kappa shape index (κ1) is 18.8. The van der Waals surface area contributed by atoms with Gasteiger partial charge in [-0.15, -0.1) is 0 Å². The Hall–Kier alpha value is 0.485. The van der Waals surface area contributed by atoms with Gasteiger partial charge < -0.3 is 14.0 Å². The number of morpholine rings is 2. The Morgan fingerprint density at radius 2 is 2.14 bits per heavy atom. The Kier molecular flexibility index (Phi) is 6.88. The van der Waals surface area contributed by atoms with Gasteiger partial charge in [0.25, 0.3) is 0 Å². The fourth-order valence-electron chi connectivity index (χ4n) is 2.83. The van der Waals surface area contributed by atoms with Crippen LogP contribution in [-0.4, -0.2) is 93.6 Å². The standard InChI is InChI=1S/C12H28BN3O4P2/c1-10-6-16(4-5-18-10)22(17,14(2)3)19-9-11-7-15(21)8-12(13)20-11/h10-12H,4-9,13,21H2,1-3H3. The molecule has 2 fully saturated rings. The minimum Gasteiger partial charge on any atom is -0.379 e. The van der Waals surface area contributed by atoms with Crippen LogP contribution in [0.1, 0.15) is 6.92 Å². The maximum absolute atomic E-state index is 13.3. The molecule has 0 bridgehead atoms. The third-order valence-electron chi connectivity index (χ3n) is 3.87. The molecule has 0 saturated carbocycles. The van der Waals surface area contributed by atoms with Crippen LogP contribution in [0, 0.1) is 0 Å². The minimum atomic E-state index is -3.03. The van der Waals surface area contributed by atoms with Crippen LogP contribution in [0.2, 0.25) is 0 Å². The van der Waals surface area contributed by atoms with Crippen LogP contribution in [-0.2, 0) is 18.6 Å². The highest BCUT2D eigenvalue weighted by atomic mass is 31.2. The zero-order chi connectivity index (χ0) is 16.3. The average Bonchev–Trinajstić information content (AvgIpc) is 2.43. The third-order valence-corrected chi connectivity index (χ3v) is 6.86. The van der Waals surface area contributed by atoms with Gasteiger partial charge in [-0.25, -0.2) is 9.34 Å². The first-order valence-electron chi connectivity index (χ1n) is 7.75. The second-order valence-corrected chi connectivity index (χ2v) is 9.59. The van der Waals surface area contributed by atoms with Gasteiger partial charge in [0.15, 0.2) is 0 Å². The van der Waals surface area contributed by atoms with Gasteiger partial charge in [-0.1, -0.05) is 9.39 Å². The van der Waals surface area contributed by atoms with E-state index in [9.17, 15) is 4.57 Å². The highest BCUT2D eigenvalue weighted by Crippen LogP contribution is 2.53. The second kappa shape index (κ2) is 8.04. The fraction of sp³-hybridized carbons (Fsp3) is 1.00. The van der Waals surface area contributed by atoms with Gasteiger partial charge in [0, 0.05) is 32.2 Å². The maximum Gasteiger partial charge on any atom is 0.345 e. The Labute approximate surface area is 136 Å². The van der Waals surface area contributed by atoms with E-state index in [1.807, 2.05) is 19.4 Å². The molecule has 2 rings (SSSR count). The zero-order valence-corrected chi connectivity index (χ0v) is 16.0. The molecular formula is C12H28BN3O4P2. The summed E-state index contributed by atoms with van der Waals surface area (Å²) >= 11 is 0. The summed E-state index contributed by atoms with van der Waals surface area (Å²) < 4.78 is 36.4. The Bertz CT molecular complexity index is 408. The monoisotopic (exact) mass is 351 g/mol. The van der Waals surface area contributed by atoms with Crippen molar-refractivity contribution in [3.05, 3.63) is 0 Å². The van der Waals surface area contributed by atoms with Crippen LogP contribution in [0.3, 0.4) is 0 Å². The average molecular weight is 351 g/mol. The molecule has 0 N–H and O–H groups in total. The van der Waals surface area contributed by atoms with Crippen molar-refractivity contribution >= 4 is 24.9 Å². The topological polar surface area (TPSA) is 54.5 Å². The summed E-state index contributed by atoms with van der Waals surface area (Å²) in [7, 11) is 5.31. The van der Waals surface area contributed by atoms with Crippen LogP contribution < -0.4 is 0 Å². The molecule has 22 heavy (non-hydrogen) atoms. The zero-order valence-electron chi connectivity index (χ0n) is 14.0. The smallest absolute Gasteiger partial charge is 0.345 e. The summed E-state index contributed by atoms with van der Waals surface area (Å²) in [6.45, 7) is 5.79. The summed E-state index contributed by atoms with van der Waals surface area (Å²) in [6.07, 6.45) is 0.00657. The van der Waals surface area contributed by atoms with E-state index in [1.54, 1.807) is 18.8 Å². The van der Waals surface area contributed by atoms with E-state index < -0.39 is 7.67 Å². The van der Waals surface area contributed by atoms with Crippen LogP contribution in [0.15, 0.2) is 0 Å². The fourth-order valence-corrected chi connectivity index (χ4v) is 5.40. The van der Waals surface area contributed by atoms with Crippen molar-refractivity contribution in [2.24, 2.45) is 0 Å². The van der Waals surface area contributed by atoms with E-state index in [-0.39, 0.29) is 18.2 Å². The Morgan fingerprint density at radius 3 is 2.73 bits per heavy atom. The van der Waals surface area contributed by atoms with E-state index >= 15 is 0 Å².